The second-order valence-corrected chi connectivity index (χ2v) is 7.68. The molecule has 0 amide bonds. The lowest BCUT2D eigenvalue weighted by molar-refractivity contribution is 0.122. The molecule has 0 aliphatic carbocycles. The number of rotatable bonds is 5. The van der Waals surface area contributed by atoms with Gasteiger partial charge in [0.05, 0.1) is 37.1 Å². The van der Waals surface area contributed by atoms with Crippen molar-refractivity contribution < 1.29 is 9.47 Å². The third-order valence-corrected chi connectivity index (χ3v) is 5.41. The zero-order valence-electron chi connectivity index (χ0n) is 18.3. The fourth-order valence-corrected chi connectivity index (χ4v) is 3.64. The molecule has 0 spiro atoms. The molecule has 10 nitrogen and oxygen atoms in total. The van der Waals surface area contributed by atoms with Gasteiger partial charge < -0.3 is 29.1 Å². The quantitative estimate of drug-likeness (QED) is 0.464. The smallest absolute Gasteiger partial charge is 0.269 e. The third kappa shape index (κ3) is 4.26. The Morgan fingerprint density at radius 1 is 1.12 bits per heavy atom. The van der Waals surface area contributed by atoms with Crippen LogP contribution >= 0.6 is 0 Å². The van der Waals surface area contributed by atoms with Crippen LogP contribution in [0.5, 0.6) is 11.6 Å². The van der Waals surface area contributed by atoms with Gasteiger partial charge in [-0.2, -0.15) is 4.98 Å². The summed E-state index contributed by atoms with van der Waals surface area (Å²) in [5.41, 5.74) is 3.98. The van der Waals surface area contributed by atoms with Crippen molar-refractivity contribution in [3.63, 3.8) is 0 Å². The molecule has 5 rings (SSSR count). The number of fused-ring (bicyclic) bond motifs is 1. The Kier molecular flexibility index (Phi) is 5.46. The first-order chi connectivity index (χ1) is 16.1. The molecule has 4 aromatic rings. The van der Waals surface area contributed by atoms with Crippen LogP contribution in [-0.2, 0) is 11.8 Å². The maximum atomic E-state index is 7.11. The van der Waals surface area contributed by atoms with Gasteiger partial charge in [0.15, 0.2) is 17.6 Å². The minimum absolute atomic E-state index is 0.323. The Bertz CT molecular complexity index is 1340. The molecular formula is C23H22N8O2. The van der Waals surface area contributed by atoms with Gasteiger partial charge in [-0.25, -0.2) is 9.97 Å². The van der Waals surface area contributed by atoms with E-state index >= 15 is 0 Å². The normalized spacial score (nSPS) is 13.7. The fraction of sp³-hybridized carbons (Fsp3) is 0.261. The second-order valence-electron chi connectivity index (χ2n) is 7.68. The van der Waals surface area contributed by atoms with E-state index in [0.717, 1.165) is 43.2 Å². The van der Waals surface area contributed by atoms with Gasteiger partial charge in [0.1, 0.15) is 11.3 Å². The highest BCUT2D eigenvalue weighted by molar-refractivity contribution is 5.88. The van der Waals surface area contributed by atoms with Gasteiger partial charge in [0, 0.05) is 26.2 Å². The summed E-state index contributed by atoms with van der Waals surface area (Å²) < 4.78 is 13.3. The monoisotopic (exact) mass is 442 g/mol. The number of nitrogens with one attached hydrogen (secondary N) is 1. The van der Waals surface area contributed by atoms with Crippen molar-refractivity contribution in [1.29, 1.82) is 0 Å². The molecule has 4 aromatic heterocycles. The first-order valence-electron chi connectivity index (χ1n) is 10.5. The van der Waals surface area contributed by atoms with Crippen LogP contribution in [0, 0.1) is 13.5 Å². The molecule has 10 heteroatoms. The highest BCUT2D eigenvalue weighted by Crippen LogP contribution is 2.32. The number of hydrogen-bond acceptors (Lipinski definition) is 8. The van der Waals surface area contributed by atoms with Crippen LogP contribution in [0.1, 0.15) is 5.56 Å². The van der Waals surface area contributed by atoms with Gasteiger partial charge in [0.2, 0.25) is 5.88 Å². The largest absolute Gasteiger partial charge is 0.435 e. The van der Waals surface area contributed by atoms with Crippen molar-refractivity contribution >= 4 is 34.2 Å². The Balaban J connectivity index is 1.43. The molecule has 0 atom stereocenters. The molecule has 5 heterocycles. The van der Waals surface area contributed by atoms with Crippen molar-refractivity contribution in [1.82, 2.24) is 24.5 Å². The molecule has 0 unspecified atom stereocenters. The van der Waals surface area contributed by atoms with Crippen LogP contribution < -0.4 is 15.0 Å². The number of anilines is 3. The van der Waals surface area contributed by atoms with E-state index in [-0.39, 0.29) is 0 Å². The molecule has 33 heavy (non-hydrogen) atoms. The van der Waals surface area contributed by atoms with Gasteiger partial charge in [-0.3, -0.25) is 0 Å². The lowest BCUT2D eigenvalue weighted by atomic mass is 10.2. The van der Waals surface area contributed by atoms with Crippen molar-refractivity contribution in [3.05, 3.63) is 60.0 Å². The Hall–Kier alpha value is -4.23. The van der Waals surface area contributed by atoms with E-state index in [9.17, 15) is 0 Å². The standard InChI is InChI=1S/C23H22N8O2/c1-15-10-20(24-2)26-13-18(15)33-21-11-17(22-23(29-21)30(3)14-27-22)28-19-5-4-16(12-25-19)31-6-8-32-9-7-31/h4-5,10-14H,6-9H2,1,3H3,(H,25,28,29). The van der Waals surface area contributed by atoms with Crippen molar-refractivity contribution in [3.8, 4) is 11.6 Å². The summed E-state index contributed by atoms with van der Waals surface area (Å²) in [6, 6.07) is 7.46. The Morgan fingerprint density at radius 2 is 1.97 bits per heavy atom. The number of aromatic nitrogens is 5. The van der Waals surface area contributed by atoms with Crippen LogP contribution in [-0.4, -0.2) is 50.8 Å². The number of aryl methyl sites for hydroxylation is 2. The first-order valence-corrected chi connectivity index (χ1v) is 10.5. The van der Waals surface area contributed by atoms with E-state index in [4.69, 9.17) is 16.0 Å². The summed E-state index contributed by atoms with van der Waals surface area (Å²) in [5.74, 6) is 1.94. The van der Waals surface area contributed by atoms with Crippen LogP contribution in [0.4, 0.5) is 23.0 Å². The maximum absolute atomic E-state index is 7.11. The van der Waals surface area contributed by atoms with Gasteiger partial charge in [0.25, 0.3) is 5.82 Å². The number of hydrogen-bond donors (Lipinski definition) is 1. The summed E-state index contributed by atoms with van der Waals surface area (Å²) in [6.45, 7) is 12.2. The molecule has 1 aliphatic rings. The van der Waals surface area contributed by atoms with E-state index in [0.29, 0.717) is 34.4 Å². The molecule has 0 bridgehead atoms. The number of pyridine rings is 3. The predicted octanol–water partition coefficient (Wildman–Crippen LogP) is 3.99. The Morgan fingerprint density at radius 3 is 2.70 bits per heavy atom. The molecule has 0 radical (unpaired) electrons. The fourth-order valence-electron chi connectivity index (χ4n) is 3.64. The lowest BCUT2D eigenvalue weighted by Crippen LogP contribution is -2.36. The molecule has 0 saturated carbocycles. The molecule has 1 saturated heterocycles. The minimum atomic E-state index is 0.323. The van der Waals surface area contributed by atoms with Gasteiger partial charge in [-0.15, -0.1) is 4.98 Å². The topological polar surface area (TPSA) is 94.6 Å². The van der Waals surface area contributed by atoms with Crippen molar-refractivity contribution in [2.75, 3.05) is 36.5 Å². The number of imidazole rings is 1. The molecule has 166 valence electrons. The SMILES string of the molecule is [C-]#[N+]c1cc(C)c(Oc2cc(Nc3ccc(N4CCOCC4)cn3)c3ncn(C)c3n2)cn1. The van der Waals surface area contributed by atoms with Crippen molar-refractivity contribution in [2.45, 2.75) is 6.92 Å². The highest BCUT2D eigenvalue weighted by Gasteiger charge is 2.15. The molecule has 0 aromatic carbocycles. The molecule has 1 aliphatic heterocycles. The zero-order chi connectivity index (χ0) is 22.8. The van der Waals surface area contributed by atoms with Crippen LogP contribution in [0.2, 0.25) is 0 Å². The summed E-state index contributed by atoms with van der Waals surface area (Å²) >= 11 is 0. The predicted molar refractivity (Wildman–Crippen MR) is 124 cm³/mol. The van der Waals surface area contributed by atoms with Gasteiger partial charge in [-0.05, 0) is 30.7 Å². The number of ether oxygens (including phenoxy) is 2. The Labute approximate surface area is 190 Å². The summed E-state index contributed by atoms with van der Waals surface area (Å²) in [4.78, 5) is 23.4. The van der Waals surface area contributed by atoms with Crippen LogP contribution in [0.15, 0.2) is 43.0 Å². The van der Waals surface area contributed by atoms with E-state index in [2.05, 4.69) is 35.0 Å². The maximum Gasteiger partial charge on any atom is 0.269 e. The van der Waals surface area contributed by atoms with Crippen LogP contribution in [0.25, 0.3) is 16.0 Å². The number of nitrogens with zero attached hydrogens (tertiary/aromatic N) is 7. The van der Waals surface area contributed by atoms with E-state index < -0.39 is 0 Å². The molecular weight excluding hydrogens is 420 g/mol. The molecule has 1 fully saturated rings. The van der Waals surface area contributed by atoms with E-state index in [1.54, 1.807) is 18.5 Å². The van der Waals surface area contributed by atoms with Crippen LogP contribution in [0.3, 0.4) is 0 Å². The summed E-state index contributed by atoms with van der Waals surface area (Å²) in [7, 11) is 1.88. The van der Waals surface area contributed by atoms with E-state index in [1.165, 1.54) is 6.20 Å². The van der Waals surface area contributed by atoms with Gasteiger partial charge >= 0.3 is 0 Å². The second kappa shape index (κ2) is 8.72. The average molecular weight is 442 g/mol. The van der Waals surface area contributed by atoms with Crippen molar-refractivity contribution in [2.24, 2.45) is 7.05 Å². The molecule has 1 N–H and O–H groups in total. The van der Waals surface area contributed by atoms with Gasteiger partial charge in [-0.1, -0.05) is 6.57 Å². The summed E-state index contributed by atoms with van der Waals surface area (Å²) in [5, 5.41) is 3.34. The average Bonchev–Trinajstić information content (AvgIpc) is 3.22. The number of morpholine rings is 1. The third-order valence-electron chi connectivity index (χ3n) is 5.41. The summed E-state index contributed by atoms with van der Waals surface area (Å²) in [6.07, 6.45) is 5.10. The highest BCUT2D eigenvalue weighted by atomic mass is 16.5. The first kappa shape index (κ1) is 20.7. The minimum Gasteiger partial charge on any atom is -0.435 e. The zero-order valence-corrected chi connectivity index (χ0v) is 18.3. The lowest BCUT2D eigenvalue weighted by Gasteiger charge is -2.28. The van der Waals surface area contributed by atoms with E-state index in [1.807, 2.05) is 36.9 Å².